The number of hydrogen-bond acceptors (Lipinski definition) is 4. The number of anilines is 1. The van der Waals surface area contributed by atoms with Crippen LogP contribution in [0.3, 0.4) is 0 Å². The van der Waals surface area contributed by atoms with Crippen LogP contribution in [0.5, 0.6) is 0 Å². The first-order chi connectivity index (χ1) is 15.1. The number of furan rings is 1. The molecular formula is C25H22N2O3S. The van der Waals surface area contributed by atoms with Crippen molar-refractivity contribution in [1.82, 2.24) is 5.32 Å². The van der Waals surface area contributed by atoms with E-state index < -0.39 is 0 Å². The lowest BCUT2D eigenvalue weighted by Gasteiger charge is -2.19. The van der Waals surface area contributed by atoms with Crippen LogP contribution in [0, 0.1) is 6.92 Å². The molecule has 31 heavy (non-hydrogen) atoms. The van der Waals surface area contributed by atoms with E-state index in [1.165, 1.54) is 17.6 Å². The van der Waals surface area contributed by atoms with Crippen LogP contribution in [0.4, 0.5) is 5.00 Å². The monoisotopic (exact) mass is 430 g/mol. The van der Waals surface area contributed by atoms with Gasteiger partial charge in [-0.25, -0.2) is 0 Å². The van der Waals surface area contributed by atoms with Crippen molar-refractivity contribution in [2.75, 3.05) is 5.32 Å². The number of carbonyl (C=O) groups is 2. The molecule has 2 aromatic carbocycles. The second-order valence-corrected chi connectivity index (χ2v) is 8.23. The molecule has 0 aliphatic heterocycles. The fourth-order valence-corrected chi connectivity index (χ4v) is 4.33. The lowest BCUT2D eigenvalue weighted by atomic mass is 9.98. The van der Waals surface area contributed by atoms with Crippen molar-refractivity contribution >= 4 is 28.2 Å². The molecule has 0 bridgehead atoms. The van der Waals surface area contributed by atoms with E-state index in [1.54, 1.807) is 18.2 Å². The molecular weight excluding hydrogens is 408 g/mol. The summed E-state index contributed by atoms with van der Waals surface area (Å²) in [6.45, 7) is 1.86. The Balaban J connectivity index is 1.52. The van der Waals surface area contributed by atoms with Gasteiger partial charge in [-0.3, -0.25) is 9.59 Å². The average molecular weight is 431 g/mol. The van der Waals surface area contributed by atoms with Gasteiger partial charge in [-0.15, -0.1) is 11.3 Å². The maximum atomic E-state index is 13.1. The third-order valence-electron chi connectivity index (χ3n) is 4.90. The van der Waals surface area contributed by atoms with Gasteiger partial charge in [0.05, 0.1) is 22.2 Å². The van der Waals surface area contributed by atoms with Crippen LogP contribution in [0.25, 0.3) is 0 Å². The molecule has 1 atom stereocenters. The summed E-state index contributed by atoms with van der Waals surface area (Å²) in [6.07, 6.45) is 2.13. The highest BCUT2D eigenvalue weighted by atomic mass is 32.1. The highest BCUT2D eigenvalue weighted by Gasteiger charge is 2.20. The Hall–Kier alpha value is -3.64. The zero-order valence-corrected chi connectivity index (χ0v) is 17.8. The number of amides is 2. The van der Waals surface area contributed by atoms with E-state index >= 15 is 0 Å². The summed E-state index contributed by atoms with van der Waals surface area (Å²) in [4.78, 5) is 25.9. The molecule has 0 radical (unpaired) electrons. The first-order valence-electron chi connectivity index (χ1n) is 9.95. The van der Waals surface area contributed by atoms with Crippen molar-refractivity contribution in [3.8, 4) is 0 Å². The summed E-state index contributed by atoms with van der Waals surface area (Å²) in [7, 11) is 0. The topological polar surface area (TPSA) is 71.3 Å². The van der Waals surface area contributed by atoms with Crippen LogP contribution in [-0.2, 0) is 6.42 Å². The van der Waals surface area contributed by atoms with Crippen molar-refractivity contribution in [2.24, 2.45) is 0 Å². The first-order valence-corrected chi connectivity index (χ1v) is 10.8. The van der Waals surface area contributed by atoms with Crippen LogP contribution in [0.15, 0.2) is 89.5 Å². The zero-order valence-electron chi connectivity index (χ0n) is 17.0. The van der Waals surface area contributed by atoms with Crippen molar-refractivity contribution in [2.45, 2.75) is 19.4 Å². The molecule has 0 saturated heterocycles. The largest absolute Gasteiger partial charge is 0.459 e. The third kappa shape index (κ3) is 5.10. The number of hydrogen-bond donors (Lipinski definition) is 2. The minimum atomic E-state index is -0.343. The molecule has 0 fully saturated rings. The normalized spacial score (nSPS) is 11.6. The van der Waals surface area contributed by atoms with Gasteiger partial charge in [0.15, 0.2) is 5.76 Å². The third-order valence-corrected chi connectivity index (χ3v) is 6.05. The second-order valence-electron chi connectivity index (χ2n) is 7.18. The van der Waals surface area contributed by atoms with Gasteiger partial charge in [0.1, 0.15) is 0 Å². The van der Waals surface area contributed by atoms with Gasteiger partial charge >= 0.3 is 0 Å². The lowest BCUT2D eigenvalue weighted by Crippen LogP contribution is -2.29. The van der Waals surface area contributed by atoms with Gasteiger partial charge in [-0.05, 0) is 48.2 Å². The van der Waals surface area contributed by atoms with Gasteiger partial charge in [0.25, 0.3) is 11.8 Å². The molecule has 4 rings (SSSR count). The van der Waals surface area contributed by atoms with Crippen LogP contribution in [-0.4, -0.2) is 11.8 Å². The lowest BCUT2D eigenvalue weighted by molar-refractivity contribution is 0.0939. The molecule has 1 unspecified atom stereocenters. The van der Waals surface area contributed by atoms with Crippen LogP contribution in [0.2, 0.25) is 0 Å². The highest BCUT2D eigenvalue weighted by molar-refractivity contribution is 7.18. The van der Waals surface area contributed by atoms with Crippen molar-refractivity contribution < 1.29 is 14.0 Å². The van der Waals surface area contributed by atoms with E-state index in [4.69, 9.17) is 4.42 Å². The highest BCUT2D eigenvalue weighted by Crippen LogP contribution is 2.28. The Morgan fingerprint density at radius 3 is 2.32 bits per heavy atom. The predicted molar refractivity (Wildman–Crippen MR) is 123 cm³/mol. The van der Waals surface area contributed by atoms with Gasteiger partial charge in [-0.1, -0.05) is 60.7 Å². The Labute approximate surface area is 184 Å². The number of aryl methyl sites for hydroxylation is 1. The van der Waals surface area contributed by atoms with Crippen LogP contribution < -0.4 is 10.6 Å². The molecule has 2 aromatic heterocycles. The standard InChI is InChI=1S/C25H22N2O3S/c1-17-15-22(27-24(28)21-13-8-14-30-21)31-23(17)25(29)26-20(19-11-6-3-7-12-19)16-18-9-4-2-5-10-18/h2-15,20H,16H2,1H3,(H,26,29)(H,27,28). The number of benzene rings is 2. The van der Waals surface area contributed by atoms with Crippen molar-refractivity contribution in [1.29, 1.82) is 0 Å². The molecule has 2 heterocycles. The average Bonchev–Trinajstić information content (AvgIpc) is 3.45. The Bertz CT molecular complexity index is 1150. The van der Waals surface area contributed by atoms with Crippen LogP contribution in [0.1, 0.15) is 43.0 Å². The van der Waals surface area contributed by atoms with E-state index in [2.05, 4.69) is 22.8 Å². The van der Waals surface area contributed by atoms with Crippen molar-refractivity contribution in [3.63, 3.8) is 0 Å². The summed E-state index contributed by atoms with van der Waals surface area (Å²) in [5.74, 6) is -0.278. The van der Waals surface area contributed by atoms with Crippen LogP contribution >= 0.6 is 11.3 Å². The molecule has 5 nitrogen and oxygen atoms in total. The Morgan fingerprint density at radius 1 is 0.935 bits per heavy atom. The fourth-order valence-electron chi connectivity index (χ4n) is 3.36. The molecule has 0 aliphatic rings. The number of thiophene rings is 1. The summed E-state index contributed by atoms with van der Waals surface area (Å²) < 4.78 is 5.12. The SMILES string of the molecule is Cc1cc(NC(=O)c2ccco2)sc1C(=O)NC(Cc1ccccc1)c1ccccc1. The van der Waals surface area contributed by atoms with Gasteiger partial charge in [0, 0.05) is 0 Å². The molecule has 0 aliphatic carbocycles. The van der Waals surface area contributed by atoms with E-state index in [0.29, 0.717) is 16.3 Å². The molecule has 4 aromatic rings. The maximum absolute atomic E-state index is 13.1. The molecule has 2 amide bonds. The molecule has 2 N–H and O–H groups in total. The van der Waals surface area contributed by atoms with Gasteiger partial charge in [-0.2, -0.15) is 0 Å². The minimum Gasteiger partial charge on any atom is -0.459 e. The Kier molecular flexibility index (Phi) is 6.29. The van der Waals surface area contributed by atoms with Gasteiger partial charge < -0.3 is 15.1 Å². The summed E-state index contributed by atoms with van der Waals surface area (Å²) >= 11 is 1.25. The van der Waals surface area contributed by atoms with E-state index in [1.807, 2.05) is 55.5 Å². The summed E-state index contributed by atoms with van der Waals surface area (Å²) in [5.41, 5.74) is 3.00. The molecule has 0 spiro atoms. The maximum Gasteiger partial charge on any atom is 0.291 e. The zero-order chi connectivity index (χ0) is 21.6. The van der Waals surface area contributed by atoms with Crippen molar-refractivity contribution in [3.05, 3.63) is 112 Å². The van der Waals surface area contributed by atoms with E-state index in [9.17, 15) is 9.59 Å². The molecule has 156 valence electrons. The first kappa shape index (κ1) is 20.6. The number of rotatable bonds is 7. The predicted octanol–water partition coefficient (Wildman–Crippen LogP) is 5.62. The van der Waals surface area contributed by atoms with E-state index in [-0.39, 0.29) is 23.6 Å². The van der Waals surface area contributed by atoms with E-state index in [0.717, 1.165) is 16.7 Å². The fraction of sp³-hybridized carbons (Fsp3) is 0.120. The molecule has 0 saturated carbocycles. The van der Waals surface area contributed by atoms with Gasteiger partial charge in [0.2, 0.25) is 0 Å². The second kappa shape index (κ2) is 9.45. The number of carbonyl (C=O) groups excluding carboxylic acids is 2. The minimum absolute atomic E-state index is 0.161. The number of nitrogens with one attached hydrogen (secondary N) is 2. The smallest absolute Gasteiger partial charge is 0.291 e. The Morgan fingerprint density at radius 2 is 1.65 bits per heavy atom. The summed E-state index contributed by atoms with van der Waals surface area (Å²) in [5, 5.41) is 6.56. The quantitative estimate of drug-likeness (QED) is 0.400. The summed E-state index contributed by atoms with van der Waals surface area (Å²) in [6, 6.07) is 24.9. The molecule has 6 heteroatoms.